The quantitative estimate of drug-likeness (QED) is 0.460. The molecule has 3 aromatic carbocycles. The number of aromatic nitrogens is 1. The van der Waals surface area contributed by atoms with Crippen LogP contribution in [0.1, 0.15) is 23.4 Å². The maximum absolute atomic E-state index is 11.3. The summed E-state index contributed by atoms with van der Waals surface area (Å²) in [5.74, 6) is 0.118. The molecule has 0 amide bonds. The number of ether oxygens (including phenoxy) is 1. The molecule has 4 aromatic rings. The molecule has 0 aliphatic carbocycles. The SMILES string of the molecule is O=C(O)C/C(=C\c1ccc(OCc2ccccc2)cc1)c1nc2ccccc2o1. The van der Waals surface area contributed by atoms with Crippen molar-refractivity contribution in [2.45, 2.75) is 13.0 Å². The van der Waals surface area contributed by atoms with E-state index in [1.54, 1.807) is 6.08 Å². The van der Waals surface area contributed by atoms with Crippen LogP contribution >= 0.6 is 0 Å². The lowest BCUT2D eigenvalue weighted by Gasteiger charge is -2.07. The highest BCUT2D eigenvalue weighted by molar-refractivity contribution is 5.90. The Morgan fingerprint density at radius 2 is 1.69 bits per heavy atom. The lowest BCUT2D eigenvalue weighted by atomic mass is 10.1. The Kier molecular flexibility index (Phi) is 5.38. The van der Waals surface area contributed by atoms with Gasteiger partial charge in [-0.1, -0.05) is 54.6 Å². The Labute approximate surface area is 167 Å². The molecule has 0 aliphatic rings. The zero-order valence-electron chi connectivity index (χ0n) is 15.6. The summed E-state index contributed by atoms with van der Waals surface area (Å²) in [5, 5.41) is 9.29. The first kappa shape index (κ1) is 18.5. The van der Waals surface area contributed by atoms with Gasteiger partial charge in [0, 0.05) is 5.57 Å². The third-order valence-corrected chi connectivity index (χ3v) is 4.38. The number of nitrogens with zero attached hydrogens (tertiary/aromatic N) is 1. The van der Waals surface area contributed by atoms with Crippen molar-refractivity contribution in [3.8, 4) is 5.75 Å². The predicted molar refractivity (Wildman–Crippen MR) is 111 cm³/mol. The average molecular weight is 385 g/mol. The van der Waals surface area contributed by atoms with Crippen molar-refractivity contribution in [3.05, 3.63) is 95.9 Å². The zero-order valence-corrected chi connectivity index (χ0v) is 15.6. The number of oxazole rings is 1. The summed E-state index contributed by atoms with van der Waals surface area (Å²) in [6, 6.07) is 24.8. The molecular formula is C24H19NO4. The van der Waals surface area contributed by atoms with Crippen molar-refractivity contribution < 1.29 is 19.1 Å². The summed E-state index contributed by atoms with van der Waals surface area (Å²) in [4.78, 5) is 15.8. The van der Waals surface area contributed by atoms with Gasteiger partial charge in [-0.15, -0.1) is 0 Å². The number of hydrogen-bond acceptors (Lipinski definition) is 4. The second-order valence-electron chi connectivity index (χ2n) is 6.57. The molecule has 0 fully saturated rings. The molecule has 5 nitrogen and oxygen atoms in total. The van der Waals surface area contributed by atoms with Gasteiger partial charge in [0.2, 0.25) is 5.89 Å². The van der Waals surface area contributed by atoms with E-state index in [9.17, 15) is 9.90 Å². The van der Waals surface area contributed by atoms with E-state index < -0.39 is 5.97 Å². The van der Waals surface area contributed by atoms with Gasteiger partial charge in [0.25, 0.3) is 0 Å². The van der Waals surface area contributed by atoms with Gasteiger partial charge in [0.15, 0.2) is 5.58 Å². The van der Waals surface area contributed by atoms with Crippen molar-refractivity contribution in [2.24, 2.45) is 0 Å². The summed E-state index contributed by atoms with van der Waals surface area (Å²) in [6.45, 7) is 0.489. The molecule has 0 aliphatic heterocycles. The van der Waals surface area contributed by atoms with Crippen molar-refractivity contribution >= 4 is 28.7 Å². The predicted octanol–water partition coefficient (Wildman–Crippen LogP) is 5.42. The third kappa shape index (κ3) is 4.71. The fourth-order valence-corrected chi connectivity index (χ4v) is 2.96. The number of aliphatic carboxylic acids is 1. The van der Waals surface area contributed by atoms with Gasteiger partial charge in [-0.2, -0.15) is 0 Å². The van der Waals surface area contributed by atoms with Crippen LogP contribution in [0.2, 0.25) is 0 Å². The minimum Gasteiger partial charge on any atom is -0.489 e. The average Bonchev–Trinajstić information content (AvgIpc) is 3.17. The Morgan fingerprint density at radius 1 is 0.966 bits per heavy atom. The van der Waals surface area contributed by atoms with Crippen molar-refractivity contribution in [3.63, 3.8) is 0 Å². The van der Waals surface area contributed by atoms with Crippen LogP contribution in [-0.2, 0) is 11.4 Å². The minimum absolute atomic E-state index is 0.181. The molecule has 0 atom stereocenters. The normalized spacial score (nSPS) is 11.5. The summed E-state index contributed by atoms with van der Waals surface area (Å²) in [7, 11) is 0. The Hall–Kier alpha value is -3.86. The Morgan fingerprint density at radius 3 is 2.41 bits per heavy atom. The maximum atomic E-state index is 11.3. The number of benzene rings is 3. The molecule has 0 saturated heterocycles. The van der Waals surface area contributed by atoms with E-state index in [2.05, 4.69) is 4.98 Å². The van der Waals surface area contributed by atoms with Crippen LogP contribution in [-0.4, -0.2) is 16.1 Å². The monoisotopic (exact) mass is 385 g/mol. The van der Waals surface area contributed by atoms with E-state index >= 15 is 0 Å². The first-order valence-electron chi connectivity index (χ1n) is 9.22. The number of hydrogen-bond donors (Lipinski definition) is 1. The number of carbonyl (C=O) groups is 1. The number of rotatable bonds is 7. The molecule has 0 unspecified atom stereocenters. The van der Waals surface area contributed by atoms with Gasteiger partial charge in [-0.25, -0.2) is 4.98 Å². The lowest BCUT2D eigenvalue weighted by Crippen LogP contribution is -1.97. The number of fused-ring (bicyclic) bond motifs is 1. The number of para-hydroxylation sites is 2. The molecular weight excluding hydrogens is 366 g/mol. The van der Waals surface area contributed by atoms with E-state index in [-0.39, 0.29) is 6.42 Å². The maximum Gasteiger partial charge on any atom is 0.308 e. The molecule has 0 radical (unpaired) electrons. The van der Waals surface area contributed by atoms with Crippen LogP contribution in [0.25, 0.3) is 22.7 Å². The largest absolute Gasteiger partial charge is 0.489 e. The van der Waals surface area contributed by atoms with Crippen LogP contribution in [0.4, 0.5) is 0 Å². The van der Waals surface area contributed by atoms with Gasteiger partial charge >= 0.3 is 5.97 Å². The third-order valence-electron chi connectivity index (χ3n) is 4.38. The van der Waals surface area contributed by atoms with Gasteiger partial charge < -0.3 is 14.3 Å². The number of carboxylic acids is 1. The summed E-state index contributed by atoms with van der Waals surface area (Å²) >= 11 is 0. The molecule has 1 heterocycles. The summed E-state index contributed by atoms with van der Waals surface area (Å²) in [5.41, 5.74) is 3.77. The molecule has 4 rings (SSSR count). The minimum atomic E-state index is -0.943. The smallest absolute Gasteiger partial charge is 0.308 e. The van der Waals surface area contributed by atoms with E-state index in [4.69, 9.17) is 9.15 Å². The van der Waals surface area contributed by atoms with Crippen LogP contribution in [0, 0.1) is 0 Å². The first-order valence-corrected chi connectivity index (χ1v) is 9.22. The van der Waals surface area contributed by atoms with Crippen LogP contribution in [0.3, 0.4) is 0 Å². The van der Waals surface area contributed by atoms with Gasteiger partial charge in [-0.05, 0) is 41.5 Å². The van der Waals surface area contributed by atoms with Crippen LogP contribution in [0.15, 0.2) is 83.3 Å². The first-order chi connectivity index (χ1) is 14.2. The van der Waals surface area contributed by atoms with Crippen molar-refractivity contribution in [1.29, 1.82) is 0 Å². The standard InChI is InChI=1S/C24H19NO4/c26-23(27)15-19(24-25-21-8-4-5-9-22(21)29-24)14-17-10-12-20(13-11-17)28-16-18-6-2-1-3-7-18/h1-14H,15-16H2,(H,26,27)/b19-14+. The topological polar surface area (TPSA) is 72.6 Å². The molecule has 144 valence electrons. The highest BCUT2D eigenvalue weighted by Gasteiger charge is 2.14. The lowest BCUT2D eigenvalue weighted by molar-refractivity contribution is -0.135. The van der Waals surface area contributed by atoms with Crippen LogP contribution in [0.5, 0.6) is 5.75 Å². The molecule has 5 heteroatoms. The molecule has 0 bridgehead atoms. The van der Waals surface area contributed by atoms with Gasteiger partial charge in [-0.3, -0.25) is 4.79 Å². The van der Waals surface area contributed by atoms with E-state index in [0.717, 1.165) is 16.9 Å². The van der Waals surface area contributed by atoms with E-state index in [1.807, 2.05) is 78.9 Å². The zero-order chi connectivity index (χ0) is 20.1. The van der Waals surface area contributed by atoms with Gasteiger partial charge in [0.05, 0.1) is 6.42 Å². The Balaban J connectivity index is 1.54. The molecule has 29 heavy (non-hydrogen) atoms. The fourth-order valence-electron chi connectivity index (χ4n) is 2.96. The molecule has 1 aromatic heterocycles. The molecule has 0 spiro atoms. The Bertz CT molecular complexity index is 1110. The summed E-state index contributed by atoms with van der Waals surface area (Å²) < 4.78 is 11.5. The number of carboxylic acid groups (broad SMARTS) is 1. The highest BCUT2D eigenvalue weighted by Crippen LogP contribution is 2.26. The highest BCUT2D eigenvalue weighted by atomic mass is 16.5. The van der Waals surface area contributed by atoms with Gasteiger partial charge in [0.1, 0.15) is 17.9 Å². The second-order valence-corrected chi connectivity index (χ2v) is 6.57. The van der Waals surface area contributed by atoms with E-state index in [1.165, 1.54) is 0 Å². The molecule has 0 saturated carbocycles. The van der Waals surface area contributed by atoms with Crippen molar-refractivity contribution in [1.82, 2.24) is 4.98 Å². The van der Waals surface area contributed by atoms with Crippen molar-refractivity contribution in [2.75, 3.05) is 0 Å². The van der Waals surface area contributed by atoms with E-state index in [0.29, 0.717) is 29.2 Å². The fraction of sp³-hybridized carbons (Fsp3) is 0.0833. The van der Waals surface area contributed by atoms with Crippen LogP contribution < -0.4 is 4.74 Å². The molecule has 1 N–H and O–H groups in total. The second kappa shape index (κ2) is 8.44. The summed E-state index contributed by atoms with van der Waals surface area (Å²) in [6.07, 6.45) is 1.60.